The Morgan fingerprint density at radius 3 is 3.00 bits per heavy atom. The van der Waals surface area contributed by atoms with Gasteiger partial charge in [-0.1, -0.05) is 0 Å². The number of aliphatic hydroxyl groups excluding tert-OH is 1. The second-order valence-corrected chi connectivity index (χ2v) is 4.97. The van der Waals surface area contributed by atoms with Gasteiger partial charge in [0.05, 0.1) is 25.9 Å². The number of benzene rings is 1. The highest BCUT2D eigenvalue weighted by molar-refractivity contribution is 5.96. The van der Waals surface area contributed by atoms with E-state index >= 15 is 0 Å². The molecule has 1 aromatic rings. The summed E-state index contributed by atoms with van der Waals surface area (Å²) < 4.78 is 5.31. The maximum absolute atomic E-state index is 12.6. The minimum Gasteiger partial charge on any atom is -0.394 e. The van der Waals surface area contributed by atoms with Gasteiger partial charge in [0, 0.05) is 24.3 Å². The van der Waals surface area contributed by atoms with E-state index in [2.05, 4.69) is 5.32 Å². The van der Waals surface area contributed by atoms with Gasteiger partial charge in [-0.05, 0) is 37.6 Å². The number of aryl methyl sites for hydroxylation is 1. The van der Waals surface area contributed by atoms with Crippen LogP contribution in [0.5, 0.6) is 0 Å². The van der Waals surface area contributed by atoms with Gasteiger partial charge in [0.1, 0.15) is 0 Å². The quantitative estimate of drug-likeness (QED) is 0.870. The highest BCUT2D eigenvalue weighted by Crippen LogP contribution is 2.19. The summed E-state index contributed by atoms with van der Waals surface area (Å²) in [6, 6.07) is 5.49. The number of nitrogens with one attached hydrogen (secondary N) is 1. The van der Waals surface area contributed by atoms with Gasteiger partial charge in [-0.3, -0.25) is 4.79 Å². The van der Waals surface area contributed by atoms with Crippen LogP contribution in [-0.2, 0) is 4.74 Å². The number of morpholine rings is 1. The minimum atomic E-state index is -0.246. The number of hydrogen-bond donors (Lipinski definition) is 2. The van der Waals surface area contributed by atoms with Crippen molar-refractivity contribution in [3.05, 3.63) is 29.3 Å². The van der Waals surface area contributed by atoms with Crippen LogP contribution in [0, 0.1) is 6.92 Å². The first-order valence-corrected chi connectivity index (χ1v) is 7.01. The Morgan fingerprint density at radius 2 is 2.35 bits per heavy atom. The second kappa shape index (κ2) is 6.72. The molecule has 2 rings (SSSR count). The van der Waals surface area contributed by atoms with E-state index in [0.717, 1.165) is 17.8 Å². The molecule has 1 heterocycles. The van der Waals surface area contributed by atoms with E-state index in [0.29, 0.717) is 25.3 Å². The van der Waals surface area contributed by atoms with Crippen molar-refractivity contribution in [3.8, 4) is 0 Å². The lowest BCUT2D eigenvalue weighted by Gasteiger charge is -2.34. The third-order valence-electron chi connectivity index (χ3n) is 3.54. The number of anilines is 1. The highest BCUT2D eigenvalue weighted by atomic mass is 16.5. The van der Waals surface area contributed by atoms with Gasteiger partial charge in [0.2, 0.25) is 0 Å². The lowest BCUT2D eigenvalue weighted by molar-refractivity contribution is -0.0184. The molecule has 0 spiro atoms. The molecule has 1 aliphatic rings. The van der Waals surface area contributed by atoms with Crippen LogP contribution < -0.4 is 5.32 Å². The van der Waals surface area contributed by atoms with Gasteiger partial charge in [0.25, 0.3) is 5.91 Å². The van der Waals surface area contributed by atoms with Crippen molar-refractivity contribution in [2.45, 2.75) is 19.9 Å². The Labute approximate surface area is 119 Å². The van der Waals surface area contributed by atoms with E-state index in [1.165, 1.54) is 0 Å². The summed E-state index contributed by atoms with van der Waals surface area (Å²) >= 11 is 0. The van der Waals surface area contributed by atoms with E-state index in [-0.39, 0.29) is 18.6 Å². The summed E-state index contributed by atoms with van der Waals surface area (Å²) in [7, 11) is 0. The van der Waals surface area contributed by atoms with Gasteiger partial charge in [-0.15, -0.1) is 0 Å². The molecule has 1 unspecified atom stereocenters. The lowest BCUT2D eigenvalue weighted by atomic mass is 10.1. The fourth-order valence-corrected chi connectivity index (χ4v) is 2.45. The minimum absolute atomic E-state index is 0.0344. The van der Waals surface area contributed by atoms with E-state index < -0.39 is 0 Å². The maximum atomic E-state index is 12.6. The number of ether oxygens (including phenoxy) is 1. The smallest absolute Gasteiger partial charge is 0.254 e. The normalized spacial score (nSPS) is 18.9. The van der Waals surface area contributed by atoms with Crippen LogP contribution in [0.3, 0.4) is 0 Å². The number of aliphatic hydroxyl groups is 1. The zero-order valence-electron chi connectivity index (χ0n) is 12.1. The molecule has 1 saturated heterocycles. The van der Waals surface area contributed by atoms with E-state index in [4.69, 9.17) is 4.74 Å². The second-order valence-electron chi connectivity index (χ2n) is 4.97. The monoisotopic (exact) mass is 278 g/mol. The molecule has 0 radical (unpaired) electrons. The predicted octanol–water partition coefficient (Wildman–Crippen LogP) is 1.26. The molecule has 110 valence electrons. The Morgan fingerprint density at radius 1 is 1.55 bits per heavy atom. The predicted molar refractivity (Wildman–Crippen MR) is 78.1 cm³/mol. The molecule has 0 aromatic heterocycles. The fourth-order valence-electron chi connectivity index (χ4n) is 2.45. The number of nitrogens with zero attached hydrogens (tertiary/aromatic N) is 1. The van der Waals surface area contributed by atoms with Gasteiger partial charge in [0.15, 0.2) is 0 Å². The highest BCUT2D eigenvalue weighted by Gasteiger charge is 2.28. The van der Waals surface area contributed by atoms with E-state index in [1.807, 2.05) is 32.0 Å². The first-order valence-electron chi connectivity index (χ1n) is 7.01. The van der Waals surface area contributed by atoms with Crippen LogP contribution >= 0.6 is 0 Å². The SMILES string of the molecule is CCNc1ccc(C(=O)N2CCOCC2CO)c(C)c1. The average Bonchev–Trinajstić information content (AvgIpc) is 2.47. The summed E-state index contributed by atoms with van der Waals surface area (Å²) in [6.07, 6.45) is 0. The third-order valence-corrected chi connectivity index (χ3v) is 3.54. The van der Waals surface area contributed by atoms with Gasteiger partial charge in [-0.25, -0.2) is 0 Å². The van der Waals surface area contributed by atoms with E-state index in [1.54, 1.807) is 4.90 Å². The Kier molecular flexibility index (Phi) is 4.98. The topological polar surface area (TPSA) is 61.8 Å². The van der Waals surface area contributed by atoms with Crippen molar-refractivity contribution in [2.24, 2.45) is 0 Å². The Hall–Kier alpha value is -1.59. The van der Waals surface area contributed by atoms with Crippen molar-refractivity contribution in [1.29, 1.82) is 0 Å². The molecule has 1 aliphatic heterocycles. The number of rotatable bonds is 4. The molecule has 20 heavy (non-hydrogen) atoms. The zero-order valence-corrected chi connectivity index (χ0v) is 12.1. The van der Waals surface area contributed by atoms with Crippen LogP contribution in [0.4, 0.5) is 5.69 Å². The van der Waals surface area contributed by atoms with Crippen LogP contribution in [0.25, 0.3) is 0 Å². The number of hydrogen-bond acceptors (Lipinski definition) is 4. The van der Waals surface area contributed by atoms with Gasteiger partial charge < -0.3 is 20.1 Å². The molecule has 1 fully saturated rings. The first kappa shape index (κ1) is 14.8. The fraction of sp³-hybridized carbons (Fsp3) is 0.533. The molecule has 1 amide bonds. The average molecular weight is 278 g/mol. The first-order chi connectivity index (χ1) is 9.67. The maximum Gasteiger partial charge on any atom is 0.254 e. The molecular formula is C15H22N2O3. The largest absolute Gasteiger partial charge is 0.394 e. The number of amides is 1. The van der Waals surface area contributed by atoms with Crippen molar-refractivity contribution in [1.82, 2.24) is 4.90 Å². The summed E-state index contributed by atoms with van der Waals surface area (Å²) in [5, 5.41) is 12.6. The standard InChI is InChI=1S/C15H22N2O3/c1-3-16-12-4-5-14(11(2)8-12)15(19)17-6-7-20-10-13(17)9-18/h4-5,8,13,16,18H,3,6-7,9-10H2,1-2H3. The lowest BCUT2D eigenvalue weighted by Crippen LogP contribution is -2.50. The van der Waals surface area contributed by atoms with E-state index in [9.17, 15) is 9.90 Å². The summed E-state index contributed by atoms with van der Waals surface area (Å²) in [4.78, 5) is 14.3. The Bertz CT molecular complexity index is 476. The van der Waals surface area contributed by atoms with Crippen molar-refractivity contribution < 1.29 is 14.6 Å². The molecule has 0 saturated carbocycles. The van der Waals surface area contributed by atoms with Gasteiger partial charge in [-0.2, -0.15) is 0 Å². The van der Waals surface area contributed by atoms with Crippen LogP contribution in [0.15, 0.2) is 18.2 Å². The van der Waals surface area contributed by atoms with Crippen molar-refractivity contribution in [3.63, 3.8) is 0 Å². The van der Waals surface area contributed by atoms with Crippen molar-refractivity contribution in [2.75, 3.05) is 38.2 Å². The van der Waals surface area contributed by atoms with Crippen molar-refractivity contribution >= 4 is 11.6 Å². The van der Waals surface area contributed by atoms with Crippen LogP contribution in [0.2, 0.25) is 0 Å². The molecule has 5 heteroatoms. The molecule has 5 nitrogen and oxygen atoms in total. The number of carbonyl (C=O) groups excluding carboxylic acids is 1. The number of carbonyl (C=O) groups is 1. The summed E-state index contributed by atoms with van der Waals surface area (Å²) in [5.41, 5.74) is 2.64. The molecule has 0 aliphatic carbocycles. The molecule has 0 bridgehead atoms. The van der Waals surface area contributed by atoms with Crippen LogP contribution in [0.1, 0.15) is 22.8 Å². The molecular weight excluding hydrogens is 256 g/mol. The molecule has 1 atom stereocenters. The molecule has 1 aromatic carbocycles. The third kappa shape index (κ3) is 3.11. The van der Waals surface area contributed by atoms with Crippen LogP contribution in [-0.4, -0.2) is 54.9 Å². The van der Waals surface area contributed by atoms with Gasteiger partial charge >= 0.3 is 0 Å². The molecule has 2 N–H and O–H groups in total. The zero-order chi connectivity index (χ0) is 14.5. The Balaban J connectivity index is 2.19. The summed E-state index contributed by atoms with van der Waals surface area (Å²) in [6.45, 7) is 6.20. The summed E-state index contributed by atoms with van der Waals surface area (Å²) in [5.74, 6) is -0.0344.